The van der Waals surface area contributed by atoms with Crippen molar-refractivity contribution < 1.29 is 13.2 Å². The zero-order valence-electron chi connectivity index (χ0n) is 12.2. The number of hydrogen-bond acceptors (Lipinski definition) is 3. The molecule has 0 bridgehead atoms. The van der Waals surface area contributed by atoms with E-state index in [1.807, 2.05) is 20.8 Å². The lowest BCUT2D eigenvalue weighted by Gasteiger charge is -2.34. The van der Waals surface area contributed by atoms with Gasteiger partial charge in [0.1, 0.15) is 0 Å². The Labute approximate surface area is 125 Å². The maximum Gasteiger partial charge on any atom is 0.243 e. The number of sulfonamides is 1. The van der Waals surface area contributed by atoms with Gasteiger partial charge in [-0.1, -0.05) is 11.6 Å². The molecule has 0 aliphatic carbocycles. The molecule has 0 N–H and O–H groups in total. The van der Waals surface area contributed by atoms with Crippen molar-refractivity contribution >= 4 is 21.6 Å². The molecule has 112 valence electrons. The highest BCUT2D eigenvalue weighted by molar-refractivity contribution is 7.89. The first-order valence-electron chi connectivity index (χ1n) is 6.64. The fraction of sp³-hybridized carbons (Fsp3) is 0.571. The predicted octanol–water partition coefficient (Wildman–Crippen LogP) is 2.75. The molecule has 2 atom stereocenters. The molecule has 6 heteroatoms. The van der Waals surface area contributed by atoms with Gasteiger partial charge < -0.3 is 4.74 Å². The van der Waals surface area contributed by atoms with E-state index in [0.717, 1.165) is 5.56 Å². The Morgan fingerprint density at radius 1 is 1.15 bits per heavy atom. The van der Waals surface area contributed by atoms with Gasteiger partial charge in [-0.05, 0) is 51.0 Å². The zero-order chi connectivity index (χ0) is 15.1. The fourth-order valence-corrected chi connectivity index (χ4v) is 4.60. The second-order valence-corrected chi connectivity index (χ2v) is 7.76. The van der Waals surface area contributed by atoms with Crippen LogP contribution in [-0.2, 0) is 14.8 Å². The van der Waals surface area contributed by atoms with Crippen LogP contribution in [0.25, 0.3) is 0 Å². The number of morpholine rings is 1. The van der Waals surface area contributed by atoms with Crippen molar-refractivity contribution in [2.75, 3.05) is 13.1 Å². The molecule has 2 rings (SSSR count). The maximum atomic E-state index is 12.8. The topological polar surface area (TPSA) is 46.6 Å². The Bertz CT molecular complexity index is 605. The summed E-state index contributed by atoms with van der Waals surface area (Å²) in [6.45, 7) is 8.12. The molecule has 20 heavy (non-hydrogen) atoms. The molecule has 1 aromatic carbocycles. The molecule has 0 amide bonds. The highest BCUT2D eigenvalue weighted by atomic mass is 35.5. The van der Waals surface area contributed by atoms with Crippen LogP contribution in [0.3, 0.4) is 0 Å². The summed E-state index contributed by atoms with van der Waals surface area (Å²) in [4.78, 5) is 0.334. The molecule has 0 radical (unpaired) electrons. The van der Waals surface area contributed by atoms with Gasteiger partial charge in [0.05, 0.1) is 17.1 Å². The second kappa shape index (κ2) is 5.64. The van der Waals surface area contributed by atoms with E-state index in [0.29, 0.717) is 28.6 Å². The molecule has 1 aliphatic heterocycles. The number of rotatable bonds is 2. The van der Waals surface area contributed by atoms with E-state index in [1.165, 1.54) is 4.31 Å². The first kappa shape index (κ1) is 15.8. The minimum absolute atomic E-state index is 0.0952. The van der Waals surface area contributed by atoms with Gasteiger partial charge >= 0.3 is 0 Å². The third kappa shape index (κ3) is 3.01. The lowest BCUT2D eigenvalue weighted by atomic mass is 10.2. The fourth-order valence-electron chi connectivity index (χ4n) is 2.50. The van der Waals surface area contributed by atoms with Crippen molar-refractivity contribution in [1.29, 1.82) is 0 Å². The van der Waals surface area contributed by atoms with Crippen LogP contribution in [0.4, 0.5) is 0 Å². The highest BCUT2D eigenvalue weighted by Gasteiger charge is 2.33. The van der Waals surface area contributed by atoms with Gasteiger partial charge in [0.25, 0.3) is 0 Å². The number of halogens is 1. The van der Waals surface area contributed by atoms with Crippen LogP contribution in [0.15, 0.2) is 17.0 Å². The van der Waals surface area contributed by atoms with Crippen LogP contribution in [0.2, 0.25) is 5.02 Å². The van der Waals surface area contributed by atoms with Gasteiger partial charge in [-0.15, -0.1) is 0 Å². The second-order valence-electron chi connectivity index (χ2n) is 5.45. The summed E-state index contributed by atoms with van der Waals surface area (Å²) in [7, 11) is -3.50. The molecule has 4 nitrogen and oxygen atoms in total. The summed E-state index contributed by atoms with van der Waals surface area (Å²) in [6.07, 6.45) is -0.190. The summed E-state index contributed by atoms with van der Waals surface area (Å²) < 4.78 is 32.7. The molecule has 1 fully saturated rings. The van der Waals surface area contributed by atoms with Crippen molar-refractivity contribution in [3.05, 3.63) is 28.3 Å². The third-order valence-electron chi connectivity index (χ3n) is 3.46. The molecule has 2 unspecified atom stereocenters. The SMILES string of the molecule is Cc1cc(S(=O)(=O)N2CC(C)OC(C)C2)c(C)cc1Cl. The van der Waals surface area contributed by atoms with Crippen molar-refractivity contribution in [1.82, 2.24) is 4.31 Å². The standard InChI is InChI=1S/C14H20ClNO3S/c1-9-6-14(10(2)5-13(9)15)20(17,18)16-7-11(3)19-12(4)8-16/h5-6,11-12H,7-8H2,1-4H3. The maximum absolute atomic E-state index is 12.8. The zero-order valence-corrected chi connectivity index (χ0v) is 13.8. The van der Waals surface area contributed by atoms with Gasteiger partial charge in [0.2, 0.25) is 10.0 Å². The number of benzene rings is 1. The summed E-state index contributed by atoms with van der Waals surface area (Å²) in [6, 6.07) is 3.36. The van der Waals surface area contributed by atoms with E-state index in [1.54, 1.807) is 19.1 Å². The van der Waals surface area contributed by atoms with Crippen LogP contribution in [0.5, 0.6) is 0 Å². The lowest BCUT2D eigenvalue weighted by Crippen LogP contribution is -2.48. The van der Waals surface area contributed by atoms with E-state index in [2.05, 4.69) is 0 Å². The summed E-state index contributed by atoms with van der Waals surface area (Å²) in [5.74, 6) is 0. The van der Waals surface area contributed by atoms with E-state index in [-0.39, 0.29) is 12.2 Å². The quantitative estimate of drug-likeness (QED) is 0.842. The first-order chi connectivity index (χ1) is 9.21. The van der Waals surface area contributed by atoms with Crippen molar-refractivity contribution in [3.8, 4) is 0 Å². The van der Waals surface area contributed by atoms with Crippen LogP contribution in [0, 0.1) is 13.8 Å². The highest BCUT2D eigenvalue weighted by Crippen LogP contribution is 2.28. The summed E-state index contributed by atoms with van der Waals surface area (Å²) in [5, 5.41) is 0.588. The van der Waals surface area contributed by atoms with E-state index >= 15 is 0 Å². The molecule has 0 aromatic heterocycles. The molecule has 1 heterocycles. The third-order valence-corrected chi connectivity index (χ3v) is 5.84. The Morgan fingerprint density at radius 2 is 1.70 bits per heavy atom. The Kier molecular flexibility index (Phi) is 4.44. The predicted molar refractivity (Wildman–Crippen MR) is 79.7 cm³/mol. The Morgan fingerprint density at radius 3 is 2.25 bits per heavy atom. The molecule has 1 aliphatic rings. The van der Waals surface area contributed by atoms with Crippen LogP contribution < -0.4 is 0 Å². The molecular formula is C14H20ClNO3S. The smallest absolute Gasteiger partial charge is 0.243 e. The largest absolute Gasteiger partial charge is 0.373 e. The molecule has 1 saturated heterocycles. The van der Waals surface area contributed by atoms with Crippen molar-refractivity contribution in [2.24, 2.45) is 0 Å². The van der Waals surface area contributed by atoms with Crippen LogP contribution in [0.1, 0.15) is 25.0 Å². The number of ether oxygens (including phenoxy) is 1. The summed E-state index contributed by atoms with van der Waals surface area (Å²) in [5.41, 5.74) is 1.44. The van der Waals surface area contributed by atoms with Gasteiger partial charge in [-0.2, -0.15) is 4.31 Å². The Balaban J connectivity index is 2.42. The Hall–Kier alpha value is -0.620. The van der Waals surface area contributed by atoms with Gasteiger partial charge in [-0.3, -0.25) is 0 Å². The molecular weight excluding hydrogens is 298 g/mol. The van der Waals surface area contributed by atoms with E-state index in [4.69, 9.17) is 16.3 Å². The molecule has 0 spiro atoms. The number of aryl methyl sites for hydroxylation is 2. The lowest BCUT2D eigenvalue weighted by molar-refractivity contribution is -0.0440. The monoisotopic (exact) mass is 317 g/mol. The van der Waals surface area contributed by atoms with Crippen LogP contribution >= 0.6 is 11.6 Å². The average Bonchev–Trinajstić information content (AvgIpc) is 2.32. The van der Waals surface area contributed by atoms with Crippen LogP contribution in [-0.4, -0.2) is 38.0 Å². The van der Waals surface area contributed by atoms with Gasteiger partial charge in [0.15, 0.2) is 0 Å². The summed E-state index contributed by atoms with van der Waals surface area (Å²) >= 11 is 6.04. The number of nitrogens with zero attached hydrogens (tertiary/aromatic N) is 1. The minimum Gasteiger partial charge on any atom is -0.373 e. The normalized spacial score (nSPS) is 24.9. The minimum atomic E-state index is -3.50. The molecule has 0 saturated carbocycles. The van der Waals surface area contributed by atoms with E-state index in [9.17, 15) is 8.42 Å². The molecule has 1 aromatic rings. The van der Waals surface area contributed by atoms with Crippen molar-refractivity contribution in [2.45, 2.75) is 44.8 Å². The first-order valence-corrected chi connectivity index (χ1v) is 8.46. The van der Waals surface area contributed by atoms with E-state index < -0.39 is 10.0 Å². The average molecular weight is 318 g/mol. The van der Waals surface area contributed by atoms with Gasteiger partial charge in [-0.25, -0.2) is 8.42 Å². The van der Waals surface area contributed by atoms with Crippen molar-refractivity contribution in [3.63, 3.8) is 0 Å². The van der Waals surface area contributed by atoms with Gasteiger partial charge in [0, 0.05) is 18.1 Å². The number of hydrogen-bond donors (Lipinski definition) is 0.